The first-order chi connectivity index (χ1) is 4.30. The maximum Gasteiger partial charge on any atom is 0.0177 e. The summed E-state index contributed by atoms with van der Waals surface area (Å²) in [4.78, 5) is 2.36. The van der Waals surface area contributed by atoms with Gasteiger partial charge in [0, 0.05) is 6.04 Å². The third-order valence-corrected chi connectivity index (χ3v) is 2.64. The average Bonchev–Trinajstić information content (AvgIpc) is 2.30. The van der Waals surface area contributed by atoms with Crippen LogP contribution in [0, 0.1) is 11.8 Å². The van der Waals surface area contributed by atoms with Gasteiger partial charge in [-0.2, -0.15) is 0 Å². The Bertz CT molecular complexity index is 112. The Morgan fingerprint density at radius 3 is 2.11 bits per heavy atom. The van der Waals surface area contributed by atoms with E-state index in [1.54, 1.807) is 0 Å². The van der Waals surface area contributed by atoms with Gasteiger partial charge in [-0.05, 0) is 39.0 Å². The van der Waals surface area contributed by atoms with Crippen LogP contribution in [-0.4, -0.2) is 38.1 Å². The molecule has 0 spiro atoms. The smallest absolute Gasteiger partial charge is 0.0177 e. The molecule has 1 saturated carbocycles. The minimum atomic E-state index is 0.909. The topological polar surface area (TPSA) is 15.3 Å². The monoisotopic (exact) mass is 126 g/mol. The van der Waals surface area contributed by atoms with Crippen molar-refractivity contribution in [2.24, 2.45) is 11.8 Å². The van der Waals surface area contributed by atoms with E-state index in [4.69, 9.17) is 0 Å². The Balaban J connectivity index is 1.94. The van der Waals surface area contributed by atoms with Gasteiger partial charge in [-0.3, -0.25) is 0 Å². The van der Waals surface area contributed by atoms with Gasteiger partial charge < -0.3 is 10.2 Å². The Morgan fingerprint density at radius 2 is 1.78 bits per heavy atom. The highest BCUT2D eigenvalue weighted by Gasteiger charge is 2.53. The van der Waals surface area contributed by atoms with Crippen LogP contribution < -0.4 is 5.32 Å². The van der Waals surface area contributed by atoms with E-state index in [1.807, 2.05) is 0 Å². The van der Waals surface area contributed by atoms with Gasteiger partial charge in [0.2, 0.25) is 0 Å². The Kier molecular flexibility index (Phi) is 1.08. The molecule has 0 aromatic rings. The highest BCUT2D eigenvalue weighted by molar-refractivity contribution is 5.08. The predicted octanol–water partition coefficient (Wildman–Crippen LogP) is -0.234. The second-order valence-electron chi connectivity index (χ2n) is 3.44. The first kappa shape index (κ1) is 5.69. The summed E-state index contributed by atoms with van der Waals surface area (Å²) < 4.78 is 0. The maximum atomic E-state index is 3.38. The fourth-order valence-electron chi connectivity index (χ4n) is 2.15. The molecule has 0 radical (unpaired) electrons. The molecule has 2 heteroatoms. The molecule has 0 aromatic carbocycles. The number of fused-ring (bicyclic) bond motifs is 1. The van der Waals surface area contributed by atoms with E-state index in [9.17, 15) is 0 Å². The molecule has 2 aliphatic rings. The lowest BCUT2D eigenvalue weighted by Crippen LogP contribution is -2.26. The van der Waals surface area contributed by atoms with Gasteiger partial charge in [-0.15, -0.1) is 0 Å². The van der Waals surface area contributed by atoms with Crippen molar-refractivity contribution in [1.82, 2.24) is 10.2 Å². The molecule has 0 aromatic heterocycles. The lowest BCUT2D eigenvalue weighted by Gasteiger charge is -2.11. The Hall–Kier alpha value is -0.0800. The molecule has 2 atom stereocenters. The van der Waals surface area contributed by atoms with Crippen molar-refractivity contribution in [3.63, 3.8) is 0 Å². The van der Waals surface area contributed by atoms with Crippen molar-refractivity contribution in [2.75, 3.05) is 27.2 Å². The molecule has 1 saturated heterocycles. The molecule has 2 nitrogen and oxygen atoms in total. The quantitative estimate of drug-likeness (QED) is 0.522. The predicted molar refractivity (Wildman–Crippen MR) is 37.3 cm³/mol. The number of hydrogen-bond acceptors (Lipinski definition) is 2. The molecule has 0 amide bonds. The molecule has 2 fully saturated rings. The van der Waals surface area contributed by atoms with Crippen molar-refractivity contribution in [3.8, 4) is 0 Å². The fourth-order valence-corrected chi connectivity index (χ4v) is 2.15. The van der Waals surface area contributed by atoms with E-state index in [0.29, 0.717) is 0 Å². The number of piperidine rings is 1. The van der Waals surface area contributed by atoms with E-state index >= 15 is 0 Å². The minimum absolute atomic E-state index is 0.909. The molecule has 0 bridgehead atoms. The zero-order valence-corrected chi connectivity index (χ0v) is 6.09. The standard InChI is InChI=1S/C7H14N2/c1-9(2)7-5-3-8-4-6(5)7/h5-8H,3-4H2,1-2H3. The van der Waals surface area contributed by atoms with Crippen LogP contribution in [0.2, 0.25) is 0 Å². The van der Waals surface area contributed by atoms with Gasteiger partial charge in [0.25, 0.3) is 0 Å². The first-order valence-electron chi connectivity index (χ1n) is 3.68. The molecule has 9 heavy (non-hydrogen) atoms. The first-order valence-corrected chi connectivity index (χ1v) is 3.68. The maximum absolute atomic E-state index is 3.38. The van der Waals surface area contributed by atoms with Gasteiger partial charge >= 0.3 is 0 Å². The summed E-state index contributed by atoms with van der Waals surface area (Å²) in [6.45, 7) is 2.51. The van der Waals surface area contributed by atoms with E-state index in [2.05, 4.69) is 24.3 Å². The summed E-state index contributed by atoms with van der Waals surface area (Å²) in [6, 6.07) is 0.909. The van der Waals surface area contributed by atoms with Crippen molar-refractivity contribution in [3.05, 3.63) is 0 Å². The highest BCUT2D eigenvalue weighted by atomic mass is 15.2. The molecule has 2 unspecified atom stereocenters. The minimum Gasteiger partial charge on any atom is -0.316 e. The Labute approximate surface area is 56.2 Å². The van der Waals surface area contributed by atoms with E-state index in [0.717, 1.165) is 17.9 Å². The number of rotatable bonds is 1. The van der Waals surface area contributed by atoms with Crippen molar-refractivity contribution >= 4 is 0 Å². The van der Waals surface area contributed by atoms with Crippen LogP contribution in [0.3, 0.4) is 0 Å². The summed E-state index contributed by atoms with van der Waals surface area (Å²) >= 11 is 0. The van der Waals surface area contributed by atoms with Crippen molar-refractivity contribution in [1.29, 1.82) is 0 Å². The second kappa shape index (κ2) is 1.70. The molecule has 1 heterocycles. The van der Waals surface area contributed by atoms with Crippen LogP contribution in [0.15, 0.2) is 0 Å². The number of nitrogens with zero attached hydrogens (tertiary/aromatic N) is 1. The van der Waals surface area contributed by atoms with E-state index in [1.165, 1.54) is 13.1 Å². The summed E-state index contributed by atoms with van der Waals surface area (Å²) in [5.41, 5.74) is 0. The second-order valence-corrected chi connectivity index (χ2v) is 3.44. The fraction of sp³-hybridized carbons (Fsp3) is 1.00. The van der Waals surface area contributed by atoms with Crippen LogP contribution in [0.5, 0.6) is 0 Å². The number of nitrogens with one attached hydrogen (secondary N) is 1. The Morgan fingerprint density at radius 1 is 1.22 bits per heavy atom. The largest absolute Gasteiger partial charge is 0.316 e. The zero-order valence-electron chi connectivity index (χ0n) is 6.09. The molecular formula is C7H14N2. The normalized spacial score (nSPS) is 47.7. The zero-order chi connectivity index (χ0) is 6.43. The number of hydrogen-bond donors (Lipinski definition) is 1. The summed E-state index contributed by atoms with van der Waals surface area (Å²) in [5.74, 6) is 1.97. The molecule has 1 aliphatic carbocycles. The van der Waals surface area contributed by atoms with Crippen molar-refractivity contribution in [2.45, 2.75) is 6.04 Å². The molecule has 1 aliphatic heterocycles. The summed E-state index contributed by atoms with van der Waals surface area (Å²) in [5, 5.41) is 3.38. The van der Waals surface area contributed by atoms with E-state index in [-0.39, 0.29) is 0 Å². The van der Waals surface area contributed by atoms with Gasteiger partial charge in [-0.25, -0.2) is 0 Å². The lowest BCUT2D eigenvalue weighted by atomic mass is 10.4. The van der Waals surface area contributed by atoms with Gasteiger partial charge in [0.1, 0.15) is 0 Å². The van der Waals surface area contributed by atoms with Crippen molar-refractivity contribution < 1.29 is 0 Å². The highest BCUT2D eigenvalue weighted by Crippen LogP contribution is 2.44. The summed E-state index contributed by atoms with van der Waals surface area (Å²) in [7, 11) is 4.37. The van der Waals surface area contributed by atoms with Crippen LogP contribution in [0.25, 0.3) is 0 Å². The third kappa shape index (κ3) is 0.700. The van der Waals surface area contributed by atoms with Crippen LogP contribution in [0.4, 0.5) is 0 Å². The summed E-state index contributed by atoms with van der Waals surface area (Å²) in [6.07, 6.45) is 0. The lowest BCUT2D eigenvalue weighted by molar-refractivity contribution is 0.350. The molecule has 1 N–H and O–H groups in total. The van der Waals surface area contributed by atoms with Crippen LogP contribution in [-0.2, 0) is 0 Å². The molecule has 52 valence electrons. The third-order valence-electron chi connectivity index (χ3n) is 2.64. The van der Waals surface area contributed by atoms with Crippen LogP contribution >= 0.6 is 0 Å². The SMILES string of the molecule is CN(C)C1C2CNCC21. The van der Waals surface area contributed by atoms with Gasteiger partial charge in [0.05, 0.1) is 0 Å². The molecule has 2 rings (SSSR count). The van der Waals surface area contributed by atoms with Crippen LogP contribution in [0.1, 0.15) is 0 Å². The van der Waals surface area contributed by atoms with E-state index < -0.39 is 0 Å². The van der Waals surface area contributed by atoms with Gasteiger partial charge in [0.15, 0.2) is 0 Å². The molecular weight excluding hydrogens is 112 g/mol. The average molecular weight is 126 g/mol. The van der Waals surface area contributed by atoms with Gasteiger partial charge in [-0.1, -0.05) is 0 Å².